The molecule has 0 aliphatic carbocycles. The van der Waals surface area contributed by atoms with Crippen LogP contribution in [0.25, 0.3) is 11.3 Å². The van der Waals surface area contributed by atoms with Gasteiger partial charge in [-0.3, -0.25) is 9.88 Å². The predicted octanol–water partition coefficient (Wildman–Crippen LogP) is 3.42. The molecule has 2 saturated heterocycles. The summed E-state index contributed by atoms with van der Waals surface area (Å²) >= 11 is 0. The maximum atomic E-state index is 14.0. The fourth-order valence-corrected chi connectivity index (χ4v) is 4.32. The monoisotopic (exact) mass is 354 g/mol. The Morgan fingerprint density at radius 1 is 1.19 bits per heavy atom. The van der Waals surface area contributed by atoms with Crippen LogP contribution in [0.2, 0.25) is 0 Å². The molecule has 5 rings (SSSR count). The minimum atomic E-state index is -0.211. The van der Waals surface area contributed by atoms with Gasteiger partial charge in [0.25, 0.3) is 0 Å². The van der Waals surface area contributed by atoms with E-state index >= 15 is 0 Å². The van der Waals surface area contributed by atoms with E-state index in [-0.39, 0.29) is 11.4 Å². The third-order valence-corrected chi connectivity index (χ3v) is 6.19. The zero-order valence-corrected chi connectivity index (χ0v) is 15.0. The molecule has 2 fully saturated rings. The lowest BCUT2D eigenvalue weighted by molar-refractivity contribution is -0.119. The van der Waals surface area contributed by atoms with Gasteiger partial charge >= 0.3 is 0 Å². The van der Waals surface area contributed by atoms with E-state index in [4.69, 9.17) is 9.47 Å². The number of aryl methyl sites for hydroxylation is 1. The van der Waals surface area contributed by atoms with E-state index in [0.29, 0.717) is 18.2 Å². The van der Waals surface area contributed by atoms with Gasteiger partial charge in [0, 0.05) is 30.4 Å². The van der Waals surface area contributed by atoms with Crippen molar-refractivity contribution in [3.63, 3.8) is 0 Å². The van der Waals surface area contributed by atoms with Crippen LogP contribution in [0, 0.1) is 12.7 Å². The van der Waals surface area contributed by atoms with Crippen molar-refractivity contribution < 1.29 is 13.9 Å². The number of piperidine rings is 1. The van der Waals surface area contributed by atoms with Gasteiger partial charge in [-0.15, -0.1) is 0 Å². The number of nitrogens with zero attached hydrogens (tertiary/aromatic N) is 2. The third-order valence-electron chi connectivity index (χ3n) is 6.19. The summed E-state index contributed by atoms with van der Waals surface area (Å²) in [6.07, 6.45) is 3.88. The van der Waals surface area contributed by atoms with Gasteiger partial charge in [-0.1, -0.05) is 12.1 Å². The molecule has 4 heterocycles. The van der Waals surface area contributed by atoms with E-state index in [1.54, 1.807) is 13.0 Å². The number of benzene rings is 1. The summed E-state index contributed by atoms with van der Waals surface area (Å²) in [6.45, 7) is 6.18. The second-order valence-electron chi connectivity index (χ2n) is 7.70. The average molecular weight is 354 g/mol. The molecule has 0 atom stereocenters. The Bertz CT molecular complexity index is 842. The molecule has 1 aromatic carbocycles. The number of hydrogen-bond acceptors (Lipinski definition) is 4. The average Bonchev–Trinajstić information content (AvgIpc) is 2.96. The Morgan fingerprint density at radius 2 is 2.00 bits per heavy atom. The minimum absolute atomic E-state index is 0.188. The number of aromatic nitrogens is 1. The second-order valence-corrected chi connectivity index (χ2v) is 7.70. The highest BCUT2D eigenvalue weighted by Crippen LogP contribution is 2.45. The second kappa shape index (κ2) is 6.12. The highest BCUT2D eigenvalue weighted by atomic mass is 19.1. The predicted molar refractivity (Wildman–Crippen MR) is 96.2 cm³/mol. The molecule has 0 N–H and O–H groups in total. The van der Waals surface area contributed by atoms with Crippen LogP contribution in [-0.4, -0.2) is 42.2 Å². The normalized spacial score (nSPS) is 22.4. The lowest BCUT2D eigenvalue weighted by Gasteiger charge is -2.45. The molecule has 4 nitrogen and oxygen atoms in total. The summed E-state index contributed by atoms with van der Waals surface area (Å²) in [4.78, 5) is 7.08. The van der Waals surface area contributed by atoms with Crippen LogP contribution >= 0.6 is 0 Å². The van der Waals surface area contributed by atoms with E-state index in [0.717, 1.165) is 50.4 Å². The molecular formula is C21H23FN2O2. The van der Waals surface area contributed by atoms with Crippen molar-refractivity contribution in [3.05, 3.63) is 53.0 Å². The Labute approximate surface area is 152 Å². The lowest BCUT2D eigenvalue weighted by atomic mass is 9.83. The van der Waals surface area contributed by atoms with Crippen LogP contribution in [0.4, 0.5) is 4.39 Å². The Balaban J connectivity index is 1.44. The minimum Gasteiger partial charge on any atom is -0.378 e. The van der Waals surface area contributed by atoms with E-state index in [2.05, 4.69) is 16.0 Å². The first-order chi connectivity index (χ1) is 12.6. The molecule has 2 aromatic rings. The Morgan fingerprint density at radius 3 is 2.69 bits per heavy atom. The molecule has 3 aliphatic rings. The molecule has 3 aliphatic heterocycles. The van der Waals surface area contributed by atoms with Gasteiger partial charge in [-0.2, -0.15) is 0 Å². The highest BCUT2D eigenvalue weighted by Gasteiger charge is 2.44. The van der Waals surface area contributed by atoms with Crippen LogP contribution in [0.15, 0.2) is 30.5 Å². The Hall–Kier alpha value is -1.82. The van der Waals surface area contributed by atoms with Crippen molar-refractivity contribution in [1.29, 1.82) is 0 Å². The largest absolute Gasteiger partial charge is 0.378 e. The summed E-state index contributed by atoms with van der Waals surface area (Å²) in [5.74, 6) is -0.188. The number of halogens is 1. The molecule has 0 unspecified atom stereocenters. The van der Waals surface area contributed by atoms with Crippen LogP contribution in [-0.2, 0) is 21.7 Å². The molecule has 136 valence electrons. The van der Waals surface area contributed by atoms with Crippen molar-refractivity contribution in [2.24, 2.45) is 0 Å². The van der Waals surface area contributed by atoms with Crippen LogP contribution in [0.1, 0.15) is 29.5 Å². The third kappa shape index (κ3) is 2.57. The van der Waals surface area contributed by atoms with E-state index in [1.165, 1.54) is 11.1 Å². The van der Waals surface area contributed by atoms with Gasteiger partial charge < -0.3 is 9.47 Å². The standard InChI is InChI=1S/C21H23FN2O2/c1-14-2-3-15(8-19(14)22)20-9-18-16(10-23-20)11-26-21(18)4-6-24(7-5-21)17-12-25-13-17/h2-3,8-10,17H,4-7,11-13H2,1H3. The summed E-state index contributed by atoms with van der Waals surface area (Å²) in [6, 6.07) is 8.02. The summed E-state index contributed by atoms with van der Waals surface area (Å²) in [7, 11) is 0. The van der Waals surface area contributed by atoms with Crippen molar-refractivity contribution in [3.8, 4) is 11.3 Å². The molecule has 1 aromatic heterocycles. The number of pyridine rings is 1. The van der Waals surface area contributed by atoms with Gasteiger partial charge in [0.1, 0.15) is 5.82 Å². The van der Waals surface area contributed by atoms with Crippen molar-refractivity contribution in [1.82, 2.24) is 9.88 Å². The molecule has 26 heavy (non-hydrogen) atoms. The maximum absolute atomic E-state index is 14.0. The molecule has 0 saturated carbocycles. The smallest absolute Gasteiger partial charge is 0.126 e. The number of hydrogen-bond donors (Lipinski definition) is 0. The topological polar surface area (TPSA) is 34.6 Å². The summed E-state index contributed by atoms with van der Waals surface area (Å²) in [5.41, 5.74) is 4.50. The highest BCUT2D eigenvalue weighted by molar-refractivity contribution is 5.62. The fraction of sp³-hybridized carbons (Fsp3) is 0.476. The SMILES string of the molecule is Cc1ccc(-c2cc3c(cn2)COC32CCN(C3COC3)CC2)cc1F. The van der Waals surface area contributed by atoms with Gasteiger partial charge in [0.2, 0.25) is 0 Å². The molecule has 0 radical (unpaired) electrons. The number of likely N-dealkylation sites (tertiary alicyclic amines) is 1. The number of fused-ring (bicyclic) bond motifs is 2. The molecular weight excluding hydrogens is 331 g/mol. The van der Waals surface area contributed by atoms with E-state index in [9.17, 15) is 4.39 Å². The van der Waals surface area contributed by atoms with Gasteiger partial charge in [-0.25, -0.2) is 4.39 Å². The summed E-state index contributed by atoms with van der Waals surface area (Å²) < 4.78 is 25.6. The number of ether oxygens (including phenoxy) is 2. The van der Waals surface area contributed by atoms with Crippen LogP contribution < -0.4 is 0 Å². The first kappa shape index (κ1) is 16.4. The van der Waals surface area contributed by atoms with Gasteiger partial charge in [0.15, 0.2) is 0 Å². The van der Waals surface area contributed by atoms with Crippen molar-refractivity contribution in [2.75, 3.05) is 26.3 Å². The zero-order valence-electron chi connectivity index (χ0n) is 15.0. The van der Waals surface area contributed by atoms with Crippen LogP contribution in [0.3, 0.4) is 0 Å². The zero-order chi connectivity index (χ0) is 17.7. The van der Waals surface area contributed by atoms with Crippen molar-refractivity contribution in [2.45, 2.75) is 38.0 Å². The number of rotatable bonds is 2. The molecule has 5 heteroatoms. The van der Waals surface area contributed by atoms with Crippen LogP contribution in [0.5, 0.6) is 0 Å². The van der Waals surface area contributed by atoms with Gasteiger partial charge in [-0.05, 0) is 43.0 Å². The van der Waals surface area contributed by atoms with Crippen molar-refractivity contribution >= 4 is 0 Å². The van der Waals surface area contributed by atoms with E-state index in [1.807, 2.05) is 18.3 Å². The first-order valence-electron chi connectivity index (χ1n) is 9.36. The Kier molecular flexibility index (Phi) is 3.85. The molecule has 0 bridgehead atoms. The van der Waals surface area contributed by atoms with E-state index < -0.39 is 0 Å². The molecule has 1 spiro atoms. The summed E-state index contributed by atoms with van der Waals surface area (Å²) in [5, 5.41) is 0. The quantitative estimate of drug-likeness (QED) is 0.828. The maximum Gasteiger partial charge on any atom is 0.126 e. The van der Waals surface area contributed by atoms with Gasteiger partial charge in [0.05, 0.1) is 37.2 Å². The first-order valence-corrected chi connectivity index (χ1v) is 9.36. The fourth-order valence-electron chi connectivity index (χ4n) is 4.32. The molecule has 0 amide bonds. The lowest BCUT2D eigenvalue weighted by Crippen LogP contribution is -2.54.